The van der Waals surface area contributed by atoms with Crippen LogP contribution in [-0.2, 0) is 11.3 Å². The Hall–Kier alpha value is -1.16. The number of nitrogens with two attached hydrogens (primary N) is 1. The van der Waals surface area contributed by atoms with Crippen LogP contribution in [0.1, 0.15) is 31.3 Å². The SMILES string of the molecule is COCc1cc(N)nc(C(C)C)n1. The number of nitrogens with zero attached hydrogens (tertiary/aromatic N) is 2. The summed E-state index contributed by atoms with van der Waals surface area (Å²) in [4.78, 5) is 8.43. The standard InChI is InChI=1S/C9H15N3O/c1-6(2)9-11-7(5-13-3)4-8(10)12-9/h4,6H,5H2,1-3H3,(H2,10,11,12). The molecule has 1 rings (SSSR count). The van der Waals surface area contributed by atoms with Crippen molar-refractivity contribution in [1.82, 2.24) is 9.97 Å². The molecule has 4 nitrogen and oxygen atoms in total. The number of methoxy groups -OCH3 is 1. The van der Waals surface area contributed by atoms with Crippen molar-refractivity contribution in [3.8, 4) is 0 Å². The minimum Gasteiger partial charge on any atom is -0.384 e. The van der Waals surface area contributed by atoms with E-state index >= 15 is 0 Å². The molecule has 1 aromatic heterocycles. The van der Waals surface area contributed by atoms with E-state index in [0.29, 0.717) is 18.3 Å². The van der Waals surface area contributed by atoms with Gasteiger partial charge in [0, 0.05) is 19.1 Å². The van der Waals surface area contributed by atoms with Gasteiger partial charge in [-0.1, -0.05) is 13.8 Å². The van der Waals surface area contributed by atoms with Crippen LogP contribution in [0.2, 0.25) is 0 Å². The van der Waals surface area contributed by atoms with Crippen LogP contribution < -0.4 is 5.73 Å². The van der Waals surface area contributed by atoms with Crippen LogP contribution in [0.25, 0.3) is 0 Å². The monoisotopic (exact) mass is 181 g/mol. The molecule has 0 spiro atoms. The van der Waals surface area contributed by atoms with Crippen LogP contribution in [0.5, 0.6) is 0 Å². The number of hydrogen-bond acceptors (Lipinski definition) is 4. The van der Waals surface area contributed by atoms with Gasteiger partial charge in [0.2, 0.25) is 0 Å². The highest BCUT2D eigenvalue weighted by molar-refractivity contribution is 5.30. The van der Waals surface area contributed by atoms with E-state index in [1.54, 1.807) is 13.2 Å². The van der Waals surface area contributed by atoms with Crippen LogP contribution in [0, 0.1) is 0 Å². The van der Waals surface area contributed by atoms with E-state index in [1.807, 2.05) is 13.8 Å². The fourth-order valence-corrected chi connectivity index (χ4v) is 1.02. The first kappa shape index (κ1) is 9.92. The molecule has 0 aliphatic rings. The molecule has 0 fully saturated rings. The summed E-state index contributed by atoms with van der Waals surface area (Å²) in [6, 6.07) is 1.73. The molecule has 0 atom stereocenters. The molecule has 0 aromatic carbocycles. The second-order valence-electron chi connectivity index (χ2n) is 3.23. The van der Waals surface area contributed by atoms with Crippen molar-refractivity contribution in [1.29, 1.82) is 0 Å². The van der Waals surface area contributed by atoms with Gasteiger partial charge in [-0.3, -0.25) is 0 Å². The number of hydrogen-bond donors (Lipinski definition) is 1. The van der Waals surface area contributed by atoms with Crippen LogP contribution in [0.3, 0.4) is 0 Å². The van der Waals surface area contributed by atoms with Gasteiger partial charge in [0.05, 0.1) is 12.3 Å². The summed E-state index contributed by atoms with van der Waals surface area (Å²) < 4.78 is 4.97. The van der Waals surface area contributed by atoms with Crippen LogP contribution in [0.4, 0.5) is 5.82 Å². The molecule has 0 saturated heterocycles. The quantitative estimate of drug-likeness (QED) is 0.764. The van der Waals surface area contributed by atoms with Gasteiger partial charge < -0.3 is 10.5 Å². The molecule has 2 N–H and O–H groups in total. The lowest BCUT2D eigenvalue weighted by Gasteiger charge is -2.06. The third kappa shape index (κ3) is 2.66. The maximum absolute atomic E-state index is 5.62. The maximum Gasteiger partial charge on any atom is 0.133 e. The number of anilines is 1. The van der Waals surface area contributed by atoms with Crippen molar-refractivity contribution in [2.24, 2.45) is 0 Å². The molecule has 4 heteroatoms. The Labute approximate surface area is 78.1 Å². The lowest BCUT2D eigenvalue weighted by Crippen LogP contribution is -2.05. The van der Waals surface area contributed by atoms with Crippen molar-refractivity contribution >= 4 is 5.82 Å². The van der Waals surface area contributed by atoms with Crippen molar-refractivity contribution < 1.29 is 4.74 Å². The molecule has 0 aliphatic carbocycles. The molecule has 1 aromatic rings. The molecule has 0 aliphatic heterocycles. The Bertz CT molecular complexity index is 286. The molecule has 0 unspecified atom stereocenters. The highest BCUT2D eigenvalue weighted by Gasteiger charge is 2.05. The fourth-order valence-electron chi connectivity index (χ4n) is 1.02. The third-order valence-corrected chi connectivity index (χ3v) is 1.62. The highest BCUT2D eigenvalue weighted by atomic mass is 16.5. The molecular formula is C9H15N3O. The molecule has 13 heavy (non-hydrogen) atoms. The van der Waals surface area contributed by atoms with E-state index in [1.165, 1.54) is 0 Å². The Morgan fingerprint density at radius 1 is 1.46 bits per heavy atom. The van der Waals surface area contributed by atoms with E-state index in [0.717, 1.165) is 11.5 Å². The summed E-state index contributed by atoms with van der Waals surface area (Å²) in [6.07, 6.45) is 0. The minimum atomic E-state index is 0.291. The predicted octanol–water partition coefficient (Wildman–Crippen LogP) is 1.33. The van der Waals surface area contributed by atoms with Gasteiger partial charge >= 0.3 is 0 Å². The average Bonchev–Trinajstić information content (AvgIpc) is 2.03. The summed E-state index contributed by atoms with van der Waals surface area (Å²) in [5.41, 5.74) is 6.45. The number of nitrogen functional groups attached to an aromatic ring is 1. The Kier molecular flexibility index (Phi) is 3.19. The Morgan fingerprint density at radius 2 is 2.15 bits per heavy atom. The smallest absolute Gasteiger partial charge is 0.133 e. The van der Waals surface area contributed by atoms with Crippen molar-refractivity contribution in [3.63, 3.8) is 0 Å². The summed E-state index contributed by atoms with van der Waals surface area (Å²) in [5.74, 6) is 1.57. The van der Waals surface area contributed by atoms with Gasteiger partial charge in [0.1, 0.15) is 11.6 Å². The molecular weight excluding hydrogens is 166 g/mol. The first-order valence-electron chi connectivity index (χ1n) is 4.25. The largest absolute Gasteiger partial charge is 0.384 e. The van der Waals surface area contributed by atoms with Crippen LogP contribution in [0.15, 0.2) is 6.07 Å². The number of aromatic nitrogens is 2. The fraction of sp³-hybridized carbons (Fsp3) is 0.556. The van der Waals surface area contributed by atoms with Gasteiger partial charge in [-0.15, -0.1) is 0 Å². The lowest BCUT2D eigenvalue weighted by molar-refractivity contribution is 0.181. The van der Waals surface area contributed by atoms with E-state index in [2.05, 4.69) is 9.97 Å². The number of ether oxygens (including phenoxy) is 1. The zero-order chi connectivity index (χ0) is 9.84. The Morgan fingerprint density at radius 3 is 2.69 bits per heavy atom. The zero-order valence-electron chi connectivity index (χ0n) is 8.24. The third-order valence-electron chi connectivity index (χ3n) is 1.62. The van der Waals surface area contributed by atoms with Gasteiger partial charge in [-0.05, 0) is 0 Å². The van der Waals surface area contributed by atoms with Crippen LogP contribution >= 0.6 is 0 Å². The maximum atomic E-state index is 5.62. The van der Waals surface area contributed by atoms with Gasteiger partial charge in [-0.25, -0.2) is 9.97 Å². The molecule has 72 valence electrons. The molecule has 0 saturated carbocycles. The zero-order valence-corrected chi connectivity index (χ0v) is 8.24. The lowest BCUT2D eigenvalue weighted by atomic mass is 10.2. The summed E-state index contributed by atoms with van der Waals surface area (Å²) in [7, 11) is 1.63. The minimum absolute atomic E-state index is 0.291. The highest BCUT2D eigenvalue weighted by Crippen LogP contribution is 2.12. The molecule has 0 bridgehead atoms. The van der Waals surface area contributed by atoms with Gasteiger partial charge in [-0.2, -0.15) is 0 Å². The molecule has 0 amide bonds. The summed E-state index contributed by atoms with van der Waals surface area (Å²) >= 11 is 0. The average molecular weight is 181 g/mol. The van der Waals surface area contributed by atoms with Crippen molar-refractivity contribution in [3.05, 3.63) is 17.6 Å². The first-order chi connectivity index (χ1) is 6.13. The number of rotatable bonds is 3. The molecule has 1 heterocycles. The van der Waals surface area contributed by atoms with Gasteiger partial charge in [0.25, 0.3) is 0 Å². The first-order valence-corrected chi connectivity index (χ1v) is 4.25. The second-order valence-corrected chi connectivity index (χ2v) is 3.23. The molecule has 0 radical (unpaired) electrons. The van der Waals surface area contributed by atoms with E-state index < -0.39 is 0 Å². The van der Waals surface area contributed by atoms with E-state index in [9.17, 15) is 0 Å². The normalized spacial score (nSPS) is 10.8. The van der Waals surface area contributed by atoms with Gasteiger partial charge in [0.15, 0.2) is 0 Å². The second kappa shape index (κ2) is 4.18. The van der Waals surface area contributed by atoms with Crippen molar-refractivity contribution in [2.75, 3.05) is 12.8 Å². The van der Waals surface area contributed by atoms with Crippen LogP contribution in [-0.4, -0.2) is 17.1 Å². The van der Waals surface area contributed by atoms with Crippen molar-refractivity contribution in [2.45, 2.75) is 26.4 Å². The van der Waals surface area contributed by atoms with E-state index in [-0.39, 0.29) is 0 Å². The predicted molar refractivity (Wildman–Crippen MR) is 51.2 cm³/mol. The Balaban J connectivity index is 2.96. The summed E-state index contributed by atoms with van der Waals surface area (Å²) in [6.45, 7) is 4.54. The topological polar surface area (TPSA) is 61.0 Å². The summed E-state index contributed by atoms with van der Waals surface area (Å²) in [5, 5.41) is 0. The van der Waals surface area contributed by atoms with E-state index in [4.69, 9.17) is 10.5 Å².